The van der Waals surface area contributed by atoms with Crippen LogP contribution in [0.3, 0.4) is 0 Å². The molecule has 0 saturated carbocycles. The van der Waals surface area contributed by atoms with Crippen LogP contribution in [0.2, 0.25) is 0 Å². The third kappa shape index (κ3) is 13.1. The summed E-state index contributed by atoms with van der Waals surface area (Å²) in [5.74, 6) is 1.41. The first-order valence-corrected chi connectivity index (χ1v) is 12.4. The minimum absolute atomic E-state index is 0.250. The van der Waals surface area contributed by atoms with Crippen LogP contribution in [0, 0.1) is 0 Å². The highest BCUT2D eigenvalue weighted by atomic mass is 79.9. The molecule has 0 unspecified atom stereocenters. The molecule has 7 heteroatoms. The van der Waals surface area contributed by atoms with Crippen LogP contribution in [0.1, 0.15) is 16.7 Å². The van der Waals surface area contributed by atoms with E-state index in [4.69, 9.17) is 20.0 Å². The minimum atomic E-state index is -0.299. The van der Waals surface area contributed by atoms with Gasteiger partial charge in [0.25, 0.3) is 0 Å². The van der Waals surface area contributed by atoms with Gasteiger partial charge in [-0.15, -0.1) is 0 Å². The van der Waals surface area contributed by atoms with Crippen molar-refractivity contribution >= 4 is 28.2 Å². The second-order valence-corrected chi connectivity index (χ2v) is 8.67. The number of benzene rings is 4. The second kappa shape index (κ2) is 17.5. The van der Waals surface area contributed by atoms with E-state index in [1.807, 2.05) is 84.9 Å². The molecule has 0 heterocycles. The lowest BCUT2D eigenvalue weighted by Gasteiger charge is -2.07. The number of hydrogen-bond donors (Lipinski definition) is 2. The molecule has 0 bridgehead atoms. The fourth-order valence-electron chi connectivity index (χ4n) is 3.11. The molecule has 0 aromatic heterocycles. The number of nitrogens with two attached hydrogens (primary N) is 2. The molecule has 6 nitrogen and oxygen atoms in total. The lowest BCUT2D eigenvalue weighted by atomic mass is 10.1. The number of carbonyl (C=O) groups excluding carboxylic acids is 2. The van der Waals surface area contributed by atoms with Crippen molar-refractivity contribution in [2.45, 2.75) is 19.4 Å². The van der Waals surface area contributed by atoms with Crippen molar-refractivity contribution < 1.29 is 19.1 Å². The molecule has 4 N–H and O–H groups in total. The molecular formula is C30H31BrN2O4. The summed E-state index contributed by atoms with van der Waals surface area (Å²) in [6, 6.07) is 35.7. The Morgan fingerprint density at radius 3 is 1.81 bits per heavy atom. The molecule has 0 fully saturated rings. The highest BCUT2D eigenvalue weighted by Crippen LogP contribution is 2.21. The van der Waals surface area contributed by atoms with Gasteiger partial charge in [0.15, 0.2) is 0 Å². The van der Waals surface area contributed by atoms with E-state index in [2.05, 4.69) is 45.9 Å². The van der Waals surface area contributed by atoms with Crippen molar-refractivity contribution in [3.05, 3.63) is 130 Å². The first-order chi connectivity index (χ1) is 18.0. The summed E-state index contributed by atoms with van der Waals surface area (Å²) in [7, 11) is 0. The van der Waals surface area contributed by atoms with Crippen LogP contribution in [0.15, 0.2) is 114 Å². The van der Waals surface area contributed by atoms with Crippen molar-refractivity contribution in [3.63, 3.8) is 0 Å². The molecule has 4 rings (SSSR count). The van der Waals surface area contributed by atoms with Crippen molar-refractivity contribution in [3.8, 4) is 11.5 Å². The molecule has 2 amide bonds. The molecule has 0 radical (unpaired) electrons. The largest absolute Gasteiger partial charge is 0.457 e. The fourth-order valence-corrected chi connectivity index (χ4v) is 3.37. The summed E-state index contributed by atoms with van der Waals surface area (Å²) in [5, 5.41) is 0. The third-order valence-corrected chi connectivity index (χ3v) is 5.37. The van der Waals surface area contributed by atoms with Gasteiger partial charge < -0.3 is 20.9 Å². The lowest BCUT2D eigenvalue weighted by molar-refractivity contribution is -0.117. The fraction of sp³-hybridized carbons (Fsp3) is 0.133. The van der Waals surface area contributed by atoms with Gasteiger partial charge in [-0.3, -0.25) is 9.59 Å². The van der Waals surface area contributed by atoms with Crippen LogP contribution in [0.4, 0.5) is 0 Å². The maximum absolute atomic E-state index is 10.5. The molecule has 4 aromatic rings. The number of primary amides is 2. The van der Waals surface area contributed by atoms with Crippen LogP contribution in [0.5, 0.6) is 11.5 Å². The topological polar surface area (TPSA) is 105 Å². The van der Waals surface area contributed by atoms with E-state index in [1.54, 1.807) is 0 Å². The smallest absolute Gasteiger partial charge is 0.221 e. The van der Waals surface area contributed by atoms with E-state index in [9.17, 15) is 4.79 Å². The Balaban J connectivity index is 0.000000287. The van der Waals surface area contributed by atoms with E-state index in [0.29, 0.717) is 19.6 Å². The quantitative estimate of drug-likeness (QED) is 0.198. The van der Waals surface area contributed by atoms with Gasteiger partial charge in [-0.25, -0.2) is 0 Å². The van der Waals surface area contributed by atoms with Crippen molar-refractivity contribution in [2.24, 2.45) is 11.5 Å². The van der Waals surface area contributed by atoms with E-state index < -0.39 is 0 Å². The van der Waals surface area contributed by atoms with Gasteiger partial charge in [-0.05, 0) is 59.5 Å². The highest BCUT2D eigenvalue weighted by Gasteiger charge is 1.99. The van der Waals surface area contributed by atoms with E-state index in [1.165, 1.54) is 11.1 Å². The number of ether oxygens (including phenoxy) is 2. The number of para-hydroxylation sites is 1. The Hall–Kier alpha value is -3.94. The average molecular weight is 563 g/mol. The van der Waals surface area contributed by atoms with Crippen molar-refractivity contribution in [1.82, 2.24) is 0 Å². The summed E-state index contributed by atoms with van der Waals surface area (Å²) in [5.41, 5.74) is 12.6. The normalized spacial score (nSPS) is 9.65. The van der Waals surface area contributed by atoms with Crippen LogP contribution in [0.25, 0.3) is 0 Å². The Morgan fingerprint density at radius 1 is 0.730 bits per heavy atom. The SMILES string of the molecule is NC(=O)Cc1ccc(Br)cc1.NC=O.c1ccc(COCCc2ccc(Oc3ccccc3)cc2)cc1. The van der Waals surface area contributed by atoms with Gasteiger partial charge >= 0.3 is 0 Å². The third-order valence-electron chi connectivity index (χ3n) is 4.84. The van der Waals surface area contributed by atoms with Gasteiger partial charge in [-0.1, -0.05) is 88.7 Å². The monoisotopic (exact) mass is 562 g/mol. The van der Waals surface area contributed by atoms with Crippen LogP contribution in [-0.4, -0.2) is 18.9 Å². The summed E-state index contributed by atoms with van der Waals surface area (Å²) in [4.78, 5) is 19.0. The van der Waals surface area contributed by atoms with Gasteiger partial charge in [0, 0.05) is 4.47 Å². The summed E-state index contributed by atoms with van der Waals surface area (Å²) >= 11 is 3.30. The molecular weight excluding hydrogens is 532 g/mol. The Morgan fingerprint density at radius 2 is 1.24 bits per heavy atom. The number of carbonyl (C=O) groups is 2. The van der Waals surface area contributed by atoms with E-state index in [-0.39, 0.29) is 12.3 Å². The first kappa shape index (κ1) is 29.3. The summed E-state index contributed by atoms with van der Waals surface area (Å²) in [6.07, 6.45) is 1.46. The molecule has 0 aliphatic rings. The maximum Gasteiger partial charge on any atom is 0.221 e. The molecule has 0 aliphatic heterocycles. The average Bonchev–Trinajstić information content (AvgIpc) is 2.91. The predicted molar refractivity (Wildman–Crippen MR) is 150 cm³/mol. The molecule has 4 aromatic carbocycles. The zero-order chi connectivity index (χ0) is 26.7. The zero-order valence-corrected chi connectivity index (χ0v) is 22.0. The van der Waals surface area contributed by atoms with Crippen LogP contribution >= 0.6 is 15.9 Å². The molecule has 37 heavy (non-hydrogen) atoms. The minimum Gasteiger partial charge on any atom is -0.457 e. The number of amides is 2. The van der Waals surface area contributed by atoms with Gasteiger partial charge in [-0.2, -0.15) is 0 Å². The van der Waals surface area contributed by atoms with Crippen molar-refractivity contribution in [2.75, 3.05) is 6.61 Å². The molecule has 0 spiro atoms. The molecule has 0 atom stereocenters. The highest BCUT2D eigenvalue weighted by molar-refractivity contribution is 9.10. The van der Waals surface area contributed by atoms with Crippen LogP contribution in [-0.2, 0) is 33.8 Å². The predicted octanol–water partition coefficient (Wildman–Crippen LogP) is 5.82. The molecule has 0 saturated heterocycles. The first-order valence-electron chi connectivity index (χ1n) is 11.6. The molecule has 192 valence electrons. The van der Waals surface area contributed by atoms with Crippen molar-refractivity contribution in [1.29, 1.82) is 0 Å². The van der Waals surface area contributed by atoms with Crippen LogP contribution < -0.4 is 16.2 Å². The standard InChI is InChI=1S/C21H20O2.C8H8BrNO.CH3NO/c1-3-7-19(8-4-1)17-22-16-15-18-11-13-21(14-12-18)23-20-9-5-2-6-10-20;9-7-3-1-6(2-4-7)5-8(10)11;2-1-3/h1-14H,15-17H2;1-4H,5H2,(H2,10,11);1H,(H2,2,3). The van der Waals surface area contributed by atoms with Gasteiger partial charge in [0.1, 0.15) is 11.5 Å². The Kier molecular flexibility index (Phi) is 13.8. The second-order valence-electron chi connectivity index (χ2n) is 7.75. The Labute approximate surface area is 226 Å². The Bertz CT molecular complexity index is 1170. The van der Waals surface area contributed by atoms with E-state index in [0.717, 1.165) is 28.0 Å². The molecule has 0 aliphatic carbocycles. The summed E-state index contributed by atoms with van der Waals surface area (Å²) in [6.45, 7) is 1.38. The lowest BCUT2D eigenvalue weighted by Crippen LogP contribution is -2.13. The van der Waals surface area contributed by atoms with Gasteiger partial charge in [0.2, 0.25) is 12.3 Å². The van der Waals surface area contributed by atoms with E-state index >= 15 is 0 Å². The number of hydrogen-bond acceptors (Lipinski definition) is 4. The maximum atomic E-state index is 10.5. The summed E-state index contributed by atoms with van der Waals surface area (Å²) < 4.78 is 12.5. The zero-order valence-electron chi connectivity index (χ0n) is 20.5. The van der Waals surface area contributed by atoms with Gasteiger partial charge in [0.05, 0.1) is 19.6 Å². The number of rotatable bonds is 9. The number of halogens is 1.